The minimum atomic E-state index is -3.98. The predicted molar refractivity (Wildman–Crippen MR) is 123 cm³/mol. The lowest BCUT2D eigenvalue weighted by Crippen LogP contribution is -2.37. The molecule has 1 amide bonds. The monoisotopic (exact) mass is 526 g/mol. The third-order valence-corrected chi connectivity index (χ3v) is 7.16. The van der Waals surface area contributed by atoms with Crippen molar-refractivity contribution in [2.45, 2.75) is 11.4 Å². The molecule has 0 spiro atoms. The van der Waals surface area contributed by atoms with Crippen molar-refractivity contribution in [1.82, 2.24) is 4.31 Å². The molecule has 0 saturated heterocycles. The number of hydrogen-bond acceptors (Lipinski definition) is 3. The van der Waals surface area contributed by atoms with E-state index in [4.69, 9.17) is 23.2 Å². The molecular weight excluding hydrogens is 511 g/mol. The molecule has 0 aliphatic carbocycles. The van der Waals surface area contributed by atoms with Crippen molar-refractivity contribution < 1.29 is 13.2 Å². The first-order valence-electron chi connectivity index (χ1n) is 8.80. The van der Waals surface area contributed by atoms with E-state index >= 15 is 0 Å². The van der Waals surface area contributed by atoms with Crippen molar-refractivity contribution in [3.05, 3.63) is 92.9 Å². The number of hydrogen-bond donors (Lipinski definition) is 1. The largest absolute Gasteiger partial charge is 0.325 e. The van der Waals surface area contributed by atoms with Crippen LogP contribution in [0.3, 0.4) is 0 Å². The third kappa shape index (κ3) is 5.83. The highest BCUT2D eigenvalue weighted by Crippen LogP contribution is 2.24. The van der Waals surface area contributed by atoms with Crippen molar-refractivity contribution in [3.63, 3.8) is 0 Å². The summed E-state index contributed by atoms with van der Waals surface area (Å²) in [6.07, 6.45) is 0. The molecule has 3 aromatic carbocycles. The SMILES string of the molecule is O=C(CN(Cc1ccccc1Cl)S(=O)(=O)c1ccc(Cl)cc1)Nc1ccc(Br)cc1. The first kappa shape index (κ1) is 22.8. The van der Waals surface area contributed by atoms with Crippen molar-refractivity contribution >= 4 is 60.7 Å². The van der Waals surface area contributed by atoms with E-state index in [2.05, 4.69) is 21.2 Å². The van der Waals surface area contributed by atoms with Gasteiger partial charge in [-0.05, 0) is 60.2 Å². The number of carbonyl (C=O) groups is 1. The fourth-order valence-electron chi connectivity index (χ4n) is 2.69. The second kappa shape index (κ2) is 9.94. The zero-order valence-corrected chi connectivity index (χ0v) is 19.5. The summed E-state index contributed by atoms with van der Waals surface area (Å²) in [5.41, 5.74) is 1.15. The average Bonchev–Trinajstić information content (AvgIpc) is 2.71. The third-order valence-electron chi connectivity index (χ3n) is 4.20. The molecule has 0 aliphatic heterocycles. The molecule has 3 aromatic rings. The first-order chi connectivity index (χ1) is 14.3. The molecule has 0 bridgehead atoms. The standard InChI is InChI=1S/C21H17BrCl2N2O3S/c22-16-5-9-18(10-6-16)25-21(27)14-26(13-15-3-1-2-4-20(15)24)30(28,29)19-11-7-17(23)8-12-19/h1-12H,13-14H2,(H,25,27). The molecule has 0 fully saturated rings. The number of sulfonamides is 1. The van der Waals surface area contributed by atoms with E-state index in [1.165, 1.54) is 24.3 Å². The van der Waals surface area contributed by atoms with Gasteiger partial charge in [-0.15, -0.1) is 0 Å². The number of carbonyl (C=O) groups excluding carboxylic acids is 1. The van der Waals surface area contributed by atoms with E-state index in [9.17, 15) is 13.2 Å². The first-order valence-corrected chi connectivity index (χ1v) is 11.8. The Labute approximate surface area is 193 Å². The zero-order chi connectivity index (χ0) is 21.7. The fraction of sp³-hybridized carbons (Fsp3) is 0.0952. The van der Waals surface area contributed by atoms with Gasteiger partial charge in [0.1, 0.15) is 0 Å². The molecule has 0 aromatic heterocycles. The minimum absolute atomic E-state index is 0.0374. The normalized spacial score (nSPS) is 11.5. The second-order valence-corrected chi connectivity index (χ2v) is 10.1. The summed E-state index contributed by atoms with van der Waals surface area (Å²) in [7, 11) is -3.98. The summed E-state index contributed by atoms with van der Waals surface area (Å²) in [6, 6.07) is 19.7. The fourth-order valence-corrected chi connectivity index (χ4v) is 4.65. The smallest absolute Gasteiger partial charge is 0.243 e. The van der Waals surface area contributed by atoms with Gasteiger partial charge in [0.2, 0.25) is 15.9 Å². The molecule has 0 atom stereocenters. The van der Waals surface area contributed by atoms with Crippen LogP contribution in [0.4, 0.5) is 5.69 Å². The van der Waals surface area contributed by atoms with Gasteiger partial charge in [-0.3, -0.25) is 4.79 Å². The molecule has 5 nitrogen and oxygen atoms in total. The molecule has 3 rings (SSSR count). The van der Waals surface area contributed by atoms with Gasteiger partial charge >= 0.3 is 0 Å². The van der Waals surface area contributed by atoms with Gasteiger partial charge in [-0.2, -0.15) is 4.31 Å². The van der Waals surface area contributed by atoms with Gasteiger partial charge in [0.05, 0.1) is 11.4 Å². The second-order valence-electron chi connectivity index (χ2n) is 6.37. The molecule has 30 heavy (non-hydrogen) atoms. The highest BCUT2D eigenvalue weighted by atomic mass is 79.9. The molecule has 0 aliphatic rings. The van der Waals surface area contributed by atoms with Crippen LogP contribution in [-0.2, 0) is 21.4 Å². The minimum Gasteiger partial charge on any atom is -0.325 e. The maximum absolute atomic E-state index is 13.2. The molecule has 1 N–H and O–H groups in total. The summed E-state index contributed by atoms with van der Waals surface area (Å²) in [5.74, 6) is -0.470. The highest BCUT2D eigenvalue weighted by Gasteiger charge is 2.27. The van der Waals surface area contributed by atoms with Crippen LogP contribution < -0.4 is 5.32 Å². The maximum Gasteiger partial charge on any atom is 0.243 e. The molecule has 156 valence electrons. The van der Waals surface area contributed by atoms with Crippen LogP contribution in [0.5, 0.6) is 0 Å². The van der Waals surface area contributed by atoms with Crippen molar-refractivity contribution in [3.8, 4) is 0 Å². The lowest BCUT2D eigenvalue weighted by Gasteiger charge is -2.22. The van der Waals surface area contributed by atoms with Crippen molar-refractivity contribution in [1.29, 1.82) is 0 Å². The van der Waals surface area contributed by atoms with Crippen molar-refractivity contribution in [2.75, 3.05) is 11.9 Å². The Morgan fingerprint density at radius 3 is 2.20 bits per heavy atom. The lowest BCUT2D eigenvalue weighted by molar-refractivity contribution is -0.116. The molecular formula is C21H17BrCl2N2O3S. The number of nitrogens with zero attached hydrogens (tertiary/aromatic N) is 1. The van der Waals surface area contributed by atoms with Crippen LogP contribution in [0.2, 0.25) is 10.0 Å². The molecule has 9 heteroatoms. The lowest BCUT2D eigenvalue weighted by atomic mass is 10.2. The van der Waals surface area contributed by atoms with Gasteiger partial charge in [0.15, 0.2) is 0 Å². The maximum atomic E-state index is 13.2. The molecule has 0 heterocycles. The van der Waals surface area contributed by atoms with E-state index in [0.29, 0.717) is 21.3 Å². The number of benzene rings is 3. The van der Waals surface area contributed by atoms with Gasteiger partial charge < -0.3 is 5.32 Å². The molecule has 0 unspecified atom stereocenters. The van der Waals surface area contributed by atoms with Gasteiger partial charge in [0, 0.05) is 26.8 Å². The molecule has 0 radical (unpaired) electrons. The van der Waals surface area contributed by atoms with Crippen LogP contribution in [0.1, 0.15) is 5.56 Å². The number of rotatable bonds is 7. The van der Waals surface area contributed by atoms with E-state index in [-0.39, 0.29) is 18.0 Å². The summed E-state index contributed by atoms with van der Waals surface area (Å²) in [5, 5.41) is 3.55. The Balaban J connectivity index is 1.88. The topological polar surface area (TPSA) is 66.5 Å². The number of halogens is 3. The Bertz CT molecular complexity index is 1140. The van der Waals surface area contributed by atoms with Crippen LogP contribution in [0.25, 0.3) is 0 Å². The summed E-state index contributed by atoms with van der Waals surface area (Å²) >= 11 is 15.4. The van der Waals surface area contributed by atoms with E-state index in [1.807, 2.05) is 0 Å². The Morgan fingerprint density at radius 2 is 1.57 bits per heavy atom. The summed E-state index contributed by atoms with van der Waals surface area (Å²) in [6.45, 7) is -0.440. The average molecular weight is 528 g/mol. The van der Waals surface area contributed by atoms with Crippen LogP contribution >= 0.6 is 39.1 Å². The highest BCUT2D eigenvalue weighted by molar-refractivity contribution is 9.10. The van der Waals surface area contributed by atoms with Gasteiger partial charge in [0.25, 0.3) is 0 Å². The predicted octanol–water partition coefficient (Wildman–Crippen LogP) is 5.59. The van der Waals surface area contributed by atoms with Crippen LogP contribution in [-0.4, -0.2) is 25.2 Å². The van der Waals surface area contributed by atoms with E-state index < -0.39 is 15.9 Å². The Kier molecular flexibility index (Phi) is 7.55. The molecule has 0 saturated carbocycles. The van der Waals surface area contributed by atoms with E-state index in [1.54, 1.807) is 48.5 Å². The van der Waals surface area contributed by atoms with E-state index in [0.717, 1.165) is 8.78 Å². The van der Waals surface area contributed by atoms with Crippen molar-refractivity contribution in [2.24, 2.45) is 0 Å². The summed E-state index contributed by atoms with van der Waals surface area (Å²) < 4.78 is 28.4. The van der Waals surface area contributed by atoms with Crippen LogP contribution in [0, 0.1) is 0 Å². The Hall–Kier alpha value is -1.90. The number of anilines is 1. The zero-order valence-electron chi connectivity index (χ0n) is 15.6. The number of amides is 1. The van der Waals surface area contributed by atoms with Crippen LogP contribution in [0.15, 0.2) is 82.2 Å². The quantitative estimate of drug-likeness (QED) is 0.435. The summed E-state index contributed by atoms with van der Waals surface area (Å²) in [4.78, 5) is 12.7. The number of nitrogens with one attached hydrogen (secondary N) is 1. The Morgan fingerprint density at radius 1 is 0.933 bits per heavy atom. The van der Waals surface area contributed by atoms with Gasteiger partial charge in [-0.25, -0.2) is 8.42 Å². The van der Waals surface area contributed by atoms with Gasteiger partial charge in [-0.1, -0.05) is 57.3 Å².